The highest BCUT2D eigenvalue weighted by Gasteiger charge is 2.48. The highest BCUT2D eigenvalue weighted by Crippen LogP contribution is 2.19. The van der Waals surface area contributed by atoms with Crippen LogP contribution < -0.4 is 20.7 Å². The number of hydrogen-bond donors (Lipinski definition) is 0. The fourth-order valence-electron chi connectivity index (χ4n) is 4.79. The number of nitrogens with zero attached hydrogens (tertiary/aromatic N) is 2. The molecule has 0 aromatic heterocycles. The van der Waals surface area contributed by atoms with Crippen LogP contribution in [0.1, 0.15) is 11.1 Å². The van der Waals surface area contributed by atoms with Crippen molar-refractivity contribution in [3.05, 3.63) is 120 Å². The Labute approximate surface area is 217 Å². The third-order valence-electron chi connectivity index (χ3n) is 6.23. The molecule has 0 amide bonds. The minimum absolute atomic E-state index is 0.894. The molecule has 0 unspecified atom stereocenters. The molecule has 0 N–H and O–H groups in total. The summed E-state index contributed by atoms with van der Waals surface area (Å²) >= 11 is 8.20. The molecule has 4 aromatic rings. The van der Waals surface area contributed by atoms with Crippen molar-refractivity contribution in [3.63, 3.8) is 0 Å². The lowest BCUT2D eigenvalue weighted by molar-refractivity contribution is 0.403. The maximum absolute atomic E-state index is 8.20. The average molecular weight is 514 g/mol. The molecular formula is C30H34ClN2Si2. The Morgan fingerprint density at radius 3 is 1.26 bits per heavy atom. The molecule has 0 fully saturated rings. The van der Waals surface area contributed by atoms with Crippen molar-refractivity contribution in [2.75, 3.05) is 28.2 Å². The molecule has 0 heterocycles. The van der Waals surface area contributed by atoms with Gasteiger partial charge in [-0.05, 0) is 49.7 Å². The van der Waals surface area contributed by atoms with Crippen LogP contribution in [-0.4, -0.2) is 53.2 Å². The molecule has 1 radical (unpaired) electrons. The van der Waals surface area contributed by atoms with E-state index in [0.717, 1.165) is 13.1 Å². The first-order chi connectivity index (χ1) is 16.9. The number of hydrogen-bond acceptors (Lipinski definition) is 2. The Morgan fingerprint density at radius 1 is 0.543 bits per heavy atom. The summed E-state index contributed by atoms with van der Waals surface area (Å²) in [6.07, 6.45) is 0. The summed E-state index contributed by atoms with van der Waals surface area (Å²) in [6, 6.07) is 39.7. The minimum Gasteiger partial charge on any atom is -0.305 e. The van der Waals surface area contributed by atoms with Crippen molar-refractivity contribution in [1.29, 1.82) is 0 Å². The standard InChI is InChI=1S/C30H34ClN2Si2/c1-32(2)23-25-15-11-13-21-29(25)34(30-22-14-12-16-26(30)24-33(3)4)35(31,27-17-7-5-8-18-27)28-19-9-6-10-20-28/h5-22H,23-24H2,1-4H3. The van der Waals surface area contributed by atoms with Gasteiger partial charge in [0.15, 0.2) is 0 Å². The minimum atomic E-state index is -2.74. The molecule has 5 heteroatoms. The van der Waals surface area contributed by atoms with Crippen molar-refractivity contribution >= 4 is 47.0 Å². The van der Waals surface area contributed by atoms with Gasteiger partial charge in [0.25, 0.3) is 0 Å². The van der Waals surface area contributed by atoms with Crippen LogP contribution in [0, 0.1) is 0 Å². The monoisotopic (exact) mass is 513 g/mol. The van der Waals surface area contributed by atoms with Crippen molar-refractivity contribution in [1.82, 2.24) is 9.80 Å². The Bertz CT molecular complexity index is 1140. The smallest absolute Gasteiger partial charge is 0.214 e. The molecule has 179 valence electrons. The Morgan fingerprint density at radius 2 is 0.886 bits per heavy atom. The lowest BCUT2D eigenvalue weighted by Gasteiger charge is -2.36. The zero-order valence-corrected chi connectivity index (χ0v) is 23.8. The van der Waals surface area contributed by atoms with Gasteiger partial charge in [-0.25, -0.2) is 0 Å². The van der Waals surface area contributed by atoms with Crippen molar-refractivity contribution in [2.24, 2.45) is 0 Å². The summed E-state index contributed by atoms with van der Waals surface area (Å²) in [7, 11) is 7.13. The molecular weight excluding hydrogens is 480 g/mol. The SMILES string of the molecule is CN(C)Cc1ccccc1[Si](c1ccccc1CN(C)C)[Si](Cl)(c1ccccc1)c1ccccc1. The van der Waals surface area contributed by atoms with E-state index >= 15 is 0 Å². The topological polar surface area (TPSA) is 6.48 Å². The van der Waals surface area contributed by atoms with E-state index in [1.807, 2.05) is 0 Å². The Hall–Kier alpha value is -2.48. The maximum atomic E-state index is 8.20. The van der Waals surface area contributed by atoms with Crippen LogP contribution in [0.3, 0.4) is 0 Å². The summed E-state index contributed by atoms with van der Waals surface area (Å²) < 4.78 is 0. The molecule has 0 atom stereocenters. The van der Waals surface area contributed by atoms with Crippen molar-refractivity contribution in [2.45, 2.75) is 13.1 Å². The lowest BCUT2D eigenvalue weighted by Crippen LogP contribution is -2.74. The molecule has 4 rings (SSSR count). The molecule has 0 bridgehead atoms. The van der Waals surface area contributed by atoms with Gasteiger partial charge in [-0.2, -0.15) is 11.1 Å². The zero-order valence-electron chi connectivity index (χ0n) is 21.1. The quantitative estimate of drug-likeness (QED) is 0.250. The van der Waals surface area contributed by atoms with Gasteiger partial charge in [-0.3, -0.25) is 0 Å². The zero-order chi connectivity index (χ0) is 24.8. The first-order valence-corrected chi connectivity index (χ1v) is 17.6. The molecule has 0 aliphatic carbocycles. The van der Waals surface area contributed by atoms with E-state index < -0.39 is 15.2 Å². The second-order valence-electron chi connectivity index (χ2n) is 9.56. The third kappa shape index (κ3) is 5.68. The van der Waals surface area contributed by atoms with Crippen molar-refractivity contribution < 1.29 is 0 Å². The van der Waals surface area contributed by atoms with E-state index in [2.05, 4.69) is 147 Å². The van der Waals surface area contributed by atoms with Gasteiger partial charge >= 0.3 is 0 Å². The first kappa shape index (κ1) is 25.6. The molecule has 0 saturated heterocycles. The molecule has 0 spiro atoms. The summed E-state index contributed by atoms with van der Waals surface area (Å²) in [4.78, 5) is 4.51. The van der Waals surface area contributed by atoms with Crippen LogP contribution in [0.5, 0.6) is 0 Å². The lowest BCUT2D eigenvalue weighted by atomic mass is 10.2. The molecule has 35 heavy (non-hydrogen) atoms. The molecule has 0 aliphatic heterocycles. The van der Waals surface area contributed by atoms with E-state index in [1.165, 1.54) is 31.9 Å². The van der Waals surface area contributed by atoms with E-state index in [1.54, 1.807) is 0 Å². The van der Waals surface area contributed by atoms with Gasteiger partial charge in [-0.15, -0.1) is 0 Å². The molecule has 0 aliphatic rings. The van der Waals surface area contributed by atoms with E-state index in [0.29, 0.717) is 0 Å². The normalized spacial score (nSPS) is 12.0. The third-order valence-corrected chi connectivity index (χ3v) is 19.7. The summed E-state index contributed by atoms with van der Waals surface area (Å²) in [6.45, 7) is -0.953. The predicted molar refractivity (Wildman–Crippen MR) is 156 cm³/mol. The largest absolute Gasteiger partial charge is 0.305 e. The van der Waals surface area contributed by atoms with Gasteiger partial charge in [0.05, 0.1) is 0 Å². The van der Waals surface area contributed by atoms with Crippen LogP contribution >= 0.6 is 11.1 Å². The van der Waals surface area contributed by atoms with Crippen LogP contribution in [0.25, 0.3) is 0 Å². The number of benzene rings is 4. The van der Waals surface area contributed by atoms with Crippen LogP contribution in [0.4, 0.5) is 0 Å². The number of halogens is 1. The van der Waals surface area contributed by atoms with Crippen LogP contribution in [0.15, 0.2) is 109 Å². The average Bonchev–Trinajstić information content (AvgIpc) is 2.86. The fraction of sp³-hybridized carbons (Fsp3) is 0.200. The van der Waals surface area contributed by atoms with Gasteiger partial charge in [0.2, 0.25) is 6.90 Å². The summed E-state index contributed by atoms with van der Waals surface area (Å²) in [5, 5.41) is 5.40. The number of rotatable bonds is 9. The van der Waals surface area contributed by atoms with Gasteiger partial charge in [0, 0.05) is 13.1 Å². The summed E-state index contributed by atoms with van der Waals surface area (Å²) in [5.41, 5.74) is 2.74. The maximum Gasteiger partial charge on any atom is 0.214 e. The van der Waals surface area contributed by atoms with E-state index in [9.17, 15) is 0 Å². The van der Waals surface area contributed by atoms with Gasteiger partial charge in [0.1, 0.15) is 8.31 Å². The highest BCUT2D eigenvalue weighted by atomic mass is 35.6. The molecule has 0 saturated carbocycles. The summed E-state index contributed by atoms with van der Waals surface area (Å²) in [5.74, 6) is 0. The second kappa shape index (κ2) is 11.5. The molecule has 2 nitrogen and oxygen atoms in total. The first-order valence-electron chi connectivity index (χ1n) is 12.0. The molecule has 4 aromatic carbocycles. The highest BCUT2D eigenvalue weighted by molar-refractivity contribution is 7.68. The van der Waals surface area contributed by atoms with Gasteiger partial charge in [-0.1, -0.05) is 120 Å². The van der Waals surface area contributed by atoms with Crippen molar-refractivity contribution in [3.8, 4) is 0 Å². The van der Waals surface area contributed by atoms with E-state index in [4.69, 9.17) is 11.1 Å². The predicted octanol–water partition coefficient (Wildman–Crippen LogP) is 3.50. The Balaban J connectivity index is 2.07. The van der Waals surface area contributed by atoms with Crippen LogP contribution in [-0.2, 0) is 13.1 Å². The van der Waals surface area contributed by atoms with Gasteiger partial charge < -0.3 is 9.80 Å². The Kier molecular flexibility index (Phi) is 8.42. The van der Waals surface area contributed by atoms with E-state index in [-0.39, 0.29) is 0 Å². The fourth-order valence-corrected chi connectivity index (χ4v) is 18.5. The second-order valence-corrected chi connectivity index (χ2v) is 20.3. The van der Waals surface area contributed by atoms with Crippen LogP contribution in [0.2, 0.25) is 0 Å².